The number of likely N-dealkylation sites (tertiary alicyclic amines) is 1. The lowest BCUT2D eigenvalue weighted by Gasteiger charge is -2.32. The molecule has 1 fully saturated rings. The van der Waals surface area contributed by atoms with Crippen molar-refractivity contribution in [3.8, 4) is 23.6 Å². The topological polar surface area (TPSA) is 103 Å². The molecule has 1 atom stereocenters. The molecule has 0 radical (unpaired) electrons. The van der Waals surface area contributed by atoms with E-state index in [-0.39, 0.29) is 17.6 Å². The SMILES string of the molecule is COc1cc(C#N)ccc1OCC1CCCN(C(=O)c2nc(OC)n(C)n2)C1. The molecule has 0 spiro atoms. The molecule has 9 heteroatoms. The standard InChI is InChI=1S/C19H23N5O4/c1-23-19(27-3)21-17(22-23)18(25)24-8-4-5-14(11-24)12-28-15-7-6-13(10-20)9-16(15)26-2/h6-7,9,14H,4-5,8,11-12H2,1-3H3. The highest BCUT2D eigenvalue weighted by molar-refractivity contribution is 5.90. The van der Waals surface area contributed by atoms with Crippen LogP contribution in [0, 0.1) is 17.2 Å². The summed E-state index contributed by atoms with van der Waals surface area (Å²) in [7, 11) is 4.71. The van der Waals surface area contributed by atoms with E-state index in [0.29, 0.717) is 42.8 Å². The number of nitriles is 1. The molecule has 1 amide bonds. The molecule has 1 aromatic heterocycles. The molecule has 1 saturated heterocycles. The maximum atomic E-state index is 12.7. The second kappa shape index (κ2) is 8.61. The van der Waals surface area contributed by atoms with Gasteiger partial charge in [0.05, 0.1) is 32.5 Å². The predicted molar refractivity (Wildman–Crippen MR) is 99.4 cm³/mol. The fourth-order valence-electron chi connectivity index (χ4n) is 3.23. The normalized spacial score (nSPS) is 16.4. The number of ether oxygens (including phenoxy) is 3. The quantitative estimate of drug-likeness (QED) is 0.745. The van der Waals surface area contributed by atoms with Gasteiger partial charge in [0.2, 0.25) is 5.82 Å². The molecule has 0 aliphatic carbocycles. The highest BCUT2D eigenvalue weighted by Crippen LogP contribution is 2.29. The summed E-state index contributed by atoms with van der Waals surface area (Å²) in [6.45, 7) is 1.68. The van der Waals surface area contributed by atoms with E-state index >= 15 is 0 Å². The lowest BCUT2D eigenvalue weighted by molar-refractivity contribution is 0.0619. The van der Waals surface area contributed by atoms with Crippen LogP contribution in [0.3, 0.4) is 0 Å². The van der Waals surface area contributed by atoms with Gasteiger partial charge in [0.15, 0.2) is 11.5 Å². The van der Waals surface area contributed by atoms with E-state index in [1.165, 1.54) is 11.8 Å². The summed E-state index contributed by atoms with van der Waals surface area (Å²) in [5.74, 6) is 1.21. The van der Waals surface area contributed by atoms with Crippen LogP contribution in [0.1, 0.15) is 29.0 Å². The Kier molecular flexibility index (Phi) is 5.99. The van der Waals surface area contributed by atoms with Gasteiger partial charge >= 0.3 is 6.01 Å². The molecular weight excluding hydrogens is 362 g/mol. The van der Waals surface area contributed by atoms with Crippen molar-refractivity contribution in [3.05, 3.63) is 29.6 Å². The van der Waals surface area contributed by atoms with Crippen molar-refractivity contribution in [2.24, 2.45) is 13.0 Å². The van der Waals surface area contributed by atoms with Gasteiger partial charge in [-0.05, 0) is 25.0 Å². The van der Waals surface area contributed by atoms with Gasteiger partial charge < -0.3 is 19.1 Å². The number of hydrogen-bond acceptors (Lipinski definition) is 7. The van der Waals surface area contributed by atoms with Crippen molar-refractivity contribution in [3.63, 3.8) is 0 Å². The largest absolute Gasteiger partial charge is 0.493 e. The van der Waals surface area contributed by atoms with Crippen LogP contribution < -0.4 is 14.2 Å². The number of piperidine rings is 1. The number of amides is 1. The zero-order valence-corrected chi connectivity index (χ0v) is 16.2. The monoisotopic (exact) mass is 385 g/mol. The van der Waals surface area contributed by atoms with E-state index in [1.54, 1.807) is 37.3 Å². The third-order valence-electron chi connectivity index (χ3n) is 4.67. The highest BCUT2D eigenvalue weighted by Gasteiger charge is 2.28. The van der Waals surface area contributed by atoms with Crippen LogP contribution in [-0.2, 0) is 7.05 Å². The first-order chi connectivity index (χ1) is 13.5. The summed E-state index contributed by atoms with van der Waals surface area (Å²) < 4.78 is 17.7. The number of rotatable bonds is 6. The Labute approximate surface area is 163 Å². The number of benzene rings is 1. The molecule has 0 N–H and O–H groups in total. The lowest BCUT2D eigenvalue weighted by Crippen LogP contribution is -2.42. The number of carbonyl (C=O) groups excluding carboxylic acids is 1. The fourth-order valence-corrected chi connectivity index (χ4v) is 3.23. The molecule has 9 nitrogen and oxygen atoms in total. The van der Waals surface area contributed by atoms with Crippen LogP contribution in [0.4, 0.5) is 0 Å². The minimum absolute atomic E-state index is 0.134. The molecule has 2 aromatic rings. The van der Waals surface area contributed by atoms with E-state index in [2.05, 4.69) is 16.2 Å². The number of aromatic nitrogens is 3. The number of hydrogen-bond donors (Lipinski definition) is 0. The van der Waals surface area contributed by atoms with Gasteiger partial charge in [0, 0.05) is 32.1 Å². The molecule has 148 valence electrons. The van der Waals surface area contributed by atoms with E-state index in [9.17, 15) is 4.79 Å². The number of nitrogens with zero attached hydrogens (tertiary/aromatic N) is 5. The van der Waals surface area contributed by atoms with Gasteiger partial charge in [-0.3, -0.25) is 4.79 Å². The molecule has 1 aromatic carbocycles. The van der Waals surface area contributed by atoms with E-state index in [0.717, 1.165) is 12.8 Å². The van der Waals surface area contributed by atoms with Crippen LogP contribution in [0.15, 0.2) is 18.2 Å². The van der Waals surface area contributed by atoms with Gasteiger partial charge in [-0.25, -0.2) is 4.68 Å². The Morgan fingerprint density at radius 2 is 2.14 bits per heavy atom. The van der Waals surface area contributed by atoms with Crippen molar-refractivity contribution < 1.29 is 19.0 Å². The predicted octanol–water partition coefficient (Wildman–Crippen LogP) is 1.64. The maximum Gasteiger partial charge on any atom is 0.314 e. The number of methoxy groups -OCH3 is 2. The molecule has 2 heterocycles. The Bertz CT molecular complexity index is 889. The van der Waals surface area contributed by atoms with Crippen LogP contribution in [0.5, 0.6) is 17.5 Å². The average molecular weight is 385 g/mol. The van der Waals surface area contributed by atoms with Gasteiger partial charge in [0.1, 0.15) is 0 Å². The van der Waals surface area contributed by atoms with Crippen LogP contribution in [0.25, 0.3) is 0 Å². The maximum absolute atomic E-state index is 12.7. The summed E-state index contributed by atoms with van der Waals surface area (Å²) >= 11 is 0. The first-order valence-electron chi connectivity index (χ1n) is 9.01. The molecule has 1 aliphatic heterocycles. The van der Waals surface area contributed by atoms with E-state index in [1.807, 2.05) is 0 Å². The first kappa shape index (κ1) is 19.5. The third-order valence-corrected chi connectivity index (χ3v) is 4.67. The lowest BCUT2D eigenvalue weighted by atomic mass is 9.99. The fraction of sp³-hybridized carbons (Fsp3) is 0.474. The molecule has 1 aliphatic rings. The third kappa shape index (κ3) is 4.17. The van der Waals surface area contributed by atoms with Gasteiger partial charge in [0.25, 0.3) is 5.91 Å². The summed E-state index contributed by atoms with van der Waals surface area (Å²) in [5, 5.41) is 13.1. The summed E-state index contributed by atoms with van der Waals surface area (Å²) in [5.41, 5.74) is 0.511. The van der Waals surface area contributed by atoms with E-state index in [4.69, 9.17) is 19.5 Å². The molecular formula is C19H23N5O4. The summed E-state index contributed by atoms with van der Waals surface area (Å²) in [6, 6.07) is 7.44. The number of aryl methyl sites for hydroxylation is 1. The average Bonchev–Trinajstić information content (AvgIpc) is 3.12. The van der Waals surface area contributed by atoms with Crippen LogP contribution in [0.2, 0.25) is 0 Å². The zero-order chi connectivity index (χ0) is 20.1. The molecule has 0 bridgehead atoms. The van der Waals surface area contributed by atoms with Crippen LogP contribution >= 0.6 is 0 Å². The second-order valence-corrected chi connectivity index (χ2v) is 6.59. The second-order valence-electron chi connectivity index (χ2n) is 6.59. The van der Waals surface area contributed by atoms with Crippen molar-refractivity contribution >= 4 is 5.91 Å². The molecule has 0 saturated carbocycles. The Hall–Kier alpha value is -3.28. The Morgan fingerprint density at radius 1 is 1.32 bits per heavy atom. The number of carbonyl (C=O) groups is 1. The Balaban J connectivity index is 1.62. The minimum Gasteiger partial charge on any atom is -0.493 e. The molecule has 1 unspecified atom stereocenters. The van der Waals surface area contributed by atoms with Crippen LogP contribution in [-0.4, -0.2) is 59.5 Å². The smallest absolute Gasteiger partial charge is 0.314 e. The first-order valence-corrected chi connectivity index (χ1v) is 9.01. The molecule has 3 rings (SSSR count). The Morgan fingerprint density at radius 3 is 2.82 bits per heavy atom. The summed E-state index contributed by atoms with van der Waals surface area (Å²) in [6.07, 6.45) is 1.84. The van der Waals surface area contributed by atoms with Crippen molar-refractivity contribution in [2.75, 3.05) is 33.9 Å². The van der Waals surface area contributed by atoms with Crippen molar-refractivity contribution in [1.29, 1.82) is 5.26 Å². The van der Waals surface area contributed by atoms with Crippen molar-refractivity contribution in [1.82, 2.24) is 19.7 Å². The highest BCUT2D eigenvalue weighted by atomic mass is 16.5. The van der Waals surface area contributed by atoms with Gasteiger partial charge in [-0.1, -0.05) is 0 Å². The van der Waals surface area contributed by atoms with Gasteiger partial charge in [-0.15, -0.1) is 5.10 Å². The van der Waals surface area contributed by atoms with E-state index < -0.39 is 0 Å². The minimum atomic E-state index is -0.209. The summed E-state index contributed by atoms with van der Waals surface area (Å²) in [4.78, 5) is 18.6. The van der Waals surface area contributed by atoms with Gasteiger partial charge in [-0.2, -0.15) is 10.2 Å². The molecule has 28 heavy (non-hydrogen) atoms. The van der Waals surface area contributed by atoms with Crippen molar-refractivity contribution in [2.45, 2.75) is 12.8 Å². The zero-order valence-electron chi connectivity index (χ0n) is 16.2.